The lowest BCUT2D eigenvalue weighted by Gasteiger charge is -2.26. The van der Waals surface area contributed by atoms with Gasteiger partial charge in [-0.2, -0.15) is 5.10 Å². The number of nitrogens with one attached hydrogen (secondary N) is 1. The Morgan fingerprint density at radius 1 is 1.41 bits per heavy atom. The zero-order valence-corrected chi connectivity index (χ0v) is 11.4. The molecule has 1 aliphatic carbocycles. The molecule has 1 heterocycles. The molecule has 0 spiro atoms. The topological polar surface area (TPSA) is 42.7 Å². The number of nitrogens with zero attached hydrogens (tertiary/aromatic N) is 3. The number of hydrogen-bond donors (Lipinski definition) is 1. The van der Waals surface area contributed by atoms with Crippen LogP contribution in [-0.2, 0) is 7.05 Å². The van der Waals surface area contributed by atoms with E-state index in [0.717, 1.165) is 12.4 Å². The Hall–Kier alpha value is -0.900. The van der Waals surface area contributed by atoms with E-state index in [9.17, 15) is 0 Å². The molecule has 1 saturated carbocycles. The van der Waals surface area contributed by atoms with E-state index in [2.05, 4.69) is 36.2 Å². The maximum Gasteiger partial charge on any atom is 0.138 e. The summed E-state index contributed by atoms with van der Waals surface area (Å²) in [5.74, 6) is 2.44. The Bertz CT molecular complexity index is 364. The van der Waals surface area contributed by atoms with Crippen molar-refractivity contribution < 1.29 is 0 Å². The standard InChI is InChI=1S/C13H24N4/c1-13(2,3)15-8-10-6-5-7-11(10)12-14-9-16-17(12)4/h9-11,15H,5-8H2,1-4H3. The van der Waals surface area contributed by atoms with Crippen LogP contribution in [0.3, 0.4) is 0 Å². The molecule has 2 unspecified atom stereocenters. The molecule has 2 rings (SSSR count). The molecule has 0 amide bonds. The fraction of sp³-hybridized carbons (Fsp3) is 0.846. The molecule has 1 aliphatic rings. The third-order valence-electron chi connectivity index (χ3n) is 3.63. The summed E-state index contributed by atoms with van der Waals surface area (Å²) in [6, 6.07) is 0. The van der Waals surface area contributed by atoms with E-state index in [-0.39, 0.29) is 5.54 Å². The first-order valence-corrected chi connectivity index (χ1v) is 6.56. The van der Waals surface area contributed by atoms with Crippen molar-refractivity contribution in [3.05, 3.63) is 12.2 Å². The highest BCUT2D eigenvalue weighted by molar-refractivity contribution is 5.02. The van der Waals surface area contributed by atoms with Gasteiger partial charge in [0, 0.05) is 18.5 Å². The zero-order chi connectivity index (χ0) is 12.5. The van der Waals surface area contributed by atoms with Gasteiger partial charge in [0.25, 0.3) is 0 Å². The van der Waals surface area contributed by atoms with E-state index in [0.29, 0.717) is 11.8 Å². The number of hydrogen-bond acceptors (Lipinski definition) is 3. The van der Waals surface area contributed by atoms with Gasteiger partial charge in [0.15, 0.2) is 0 Å². The number of aryl methyl sites for hydroxylation is 1. The maximum absolute atomic E-state index is 4.42. The first-order valence-electron chi connectivity index (χ1n) is 6.56. The lowest BCUT2D eigenvalue weighted by Crippen LogP contribution is -2.39. The molecule has 4 heteroatoms. The molecule has 0 saturated heterocycles. The van der Waals surface area contributed by atoms with Crippen LogP contribution in [0.4, 0.5) is 0 Å². The van der Waals surface area contributed by atoms with Gasteiger partial charge in [0.05, 0.1) is 0 Å². The van der Waals surface area contributed by atoms with E-state index >= 15 is 0 Å². The van der Waals surface area contributed by atoms with E-state index in [4.69, 9.17) is 0 Å². The molecular weight excluding hydrogens is 212 g/mol. The molecule has 1 aromatic rings. The van der Waals surface area contributed by atoms with Crippen LogP contribution >= 0.6 is 0 Å². The van der Waals surface area contributed by atoms with Crippen molar-refractivity contribution in [1.82, 2.24) is 20.1 Å². The van der Waals surface area contributed by atoms with E-state index in [1.54, 1.807) is 6.33 Å². The fourth-order valence-electron chi connectivity index (χ4n) is 2.70. The molecule has 1 N–H and O–H groups in total. The second-order valence-electron chi connectivity index (χ2n) is 6.17. The van der Waals surface area contributed by atoms with Crippen LogP contribution in [0, 0.1) is 5.92 Å². The van der Waals surface area contributed by atoms with Crippen molar-refractivity contribution in [2.75, 3.05) is 6.54 Å². The molecule has 0 aromatic carbocycles. The van der Waals surface area contributed by atoms with Gasteiger partial charge in [-0.25, -0.2) is 4.98 Å². The summed E-state index contributed by atoms with van der Waals surface area (Å²) in [6.45, 7) is 7.75. The van der Waals surface area contributed by atoms with E-state index in [1.165, 1.54) is 19.3 Å². The normalized spacial score (nSPS) is 25.4. The smallest absolute Gasteiger partial charge is 0.138 e. The van der Waals surface area contributed by atoms with Crippen LogP contribution in [0.5, 0.6) is 0 Å². The molecule has 1 aromatic heterocycles. The van der Waals surface area contributed by atoms with Crippen LogP contribution < -0.4 is 5.32 Å². The van der Waals surface area contributed by atoms with Crippen molar-refractivity contribution >= 4 is 0 Å². The highest BCUT2D eigenvalue weighted by atomic mass is 15.3. The fourth-order valence-corrected chi connectivity index (χ4v) is 2.70. The van der Waals surface area contributed by atoms with Crippen LogP contribution in [0.1, 0.15) is 51.8 Å². The summed E-state index contributed by atoms with van der Waals surface area (Å²) in [4.78, 5) is 4.42. The van der Waals surface area contributed by atoms with Crippen molar-refractivity contribution in [3.63, 3.8) is 0 Å². The molecule has 0 bridgehead atoms. The minimum atomic E-state index is 0.201. The highest BCUT2D eigenvalue weighted by Crippen LogP contribution is 2.38. The summed E-state index contributed by atoms with van der Waals surface area (Å²) in [5, 5.41) is 7.81. The zero-order valence-electron chi connectivity index (χ0n) is 11.4. The summed E-state index contributed by atoms with van der Waals surface area (Å²) in [6.07, 6.45) is 5.54. The van der Waals surface area contributed by atoms with Crippen LogP contribution in [0.2, 0.25) is 0 Å². The second kappa shape index (κ2) is 4.77. The molecular formula is C13H24N4. The molecule has 0 radical (unpaired) electrons. The highest BCUT2D eigenvalue weighted by Gasteiger charge is 2.31. The van der Waals surface area contributed by atoms with Crippen LogP contribution in [0.15, 0.2) is 6.33 Å². The van der Waals surface area contributed by atoms with Crippen LogP contribution in [0.25, 0.3) is 0 Å². The van der Waals surface area contributed by atoms with E-state index < -0.39 is 0 Å². The van der Waals surface area contributed by atoms with Crippen molar-refractivity contribution in [2.45, 2.75) is 51.5 Å². The predicted octanol–water partition coefficient (Wildman–Crippen LogP) is 2.09. The molecule has 17 heavy (non-hydrogen) atoms. The quantitative estimate of drug-likeness (QED) is 0.874. The minimum absolute atomic E-state index is 0.201. The van der Waals surface area contributed by atoms with Crippen LogP contribution in [-0.4, -0.2) is 26.8 Å². The monoisotopic (exact) mass is 236 g/mol. The maximum atomic E-state index is 4.42. The lowest BCUT2D eigenvalue weighted by molar-refractivity contribution is 0.348. The Morgan fingerprint density at radius 3 is 2.76 bits per heavy atom. The summed E-state index contributed by atoms with van der Waals surface area (Å²) in [5.41, 5.74) is 0.201. The third kappa shape index (κ3) is 3.06. The number of aromatic nitrogens is 3. The Labute approximate surface area is 104 Å². The average Bonchev–Trinajstić information content (AvgIpc) is 2.81. The predicted molar refractivity (Wildman–Crippen MR) is 68.8 cm³/mol. The molecule has 2 atom stereocenters. The third-order valence-corrected chi connectivity index (χ3v) is 3.63. The molecule has 1 fully saturated rings. The van der Waals surface area contributed by atoms with Crippen molar-refractivity contribution in [2.24, 2.45) is 13.0 Å². The van der Waals surface area contributed by atoms with Gasteiger partial charge in [-0.05, 0) is 46.1 Å². The van der Waals surface area contributed by atoms with Gasteiger partial charge in [0.2, 0.25) is 0 Å². The molecule has 96 valence electrons. The van der Waals surface area contributed by atoms with Gasteiger partial charge in [-0.3, -0.25) is 4.68 Å². The minimum Gasteiger partial charge on any atom is -0.312 e. The largest absolute Gasteiger partial charge is 0.312 e. The van der Waals surface area contributed by atoms with Crippen molar-refractivity contribution in [1.29, 1.82) is 0 Å². The first-order chi connectivity index (χ1) is 7.97. The summed E-state index contributed by atoms with van der Waals surface area (Å²) >= 11 is 0. The lowest BCUT2D eigenvalue weighted by atomic mass is 9.94. The Morgan fingerprint density at radius 2 is 2.18 bits per heavy atom. The number of rotatable bonds is 3. The van der Waals surface area contributed by atoms with Gasteiger partial charge >= 0.3 is 0 Å². The van der Waals surface area contributed by atoms with Gasteiger partial charge < -0.3 is 5.32 Å². The SMILES string of the molecule is Cn1ncnc1C1CCCC1CNC(C)(C)C. The Kier molecular flexibility index (Phi) is 3.52. The second-order valence-corrected chi connectivity index (χ2v) is 6.17. The summed E-state index contributed by atoms with van der Waals surface area (Å²) < 4.78 is 1.93. The van der Waals surface area contributed by atoms with Crippen molar-refractivity contribution in [3.8, 4) is 0 Å². The Balaban J connectivity index is 2.01. The van der Waals surface area contributed by atoms with Gasteiger partial charge in [-0.1, -0.05) is 6.42 Å². The van der Waals surface area contributed by atoms with E-state index in [1.807, 2.05) is 11.7 Å². The summed E-state index contributed by atoms with van der Waals surface area (Å²) in [7, 11) is 1.99. The molecule has 0 aliphatic heterocycles. The average molecular weight is 236 g/mol. The first kappa shape index (κ1) is 12.6. The molecule has 4 nitrogen and oxygen atoms in total. The van der Waals surface area contributed by atoms with Gasteiger partial charge in [0.1, 0.15) is 12.2 Å². The van der Waals surface area contributed by atoms with Gasteiger partial charge in [-0.15, -0.1) is 0 Å².